The van der Waals surface area contributed by atoms with Gasteiger partial charge >= 0.3 is 0 Å². The van der Waals surface area contributed by atoms with Crippen LogP contribution >= 0.6 is 0 Å². The number of Topliss-reactive ketones (excluding diaryl/α,β-unsaturated/α-hetero) is 2. The molecule has 1 aromatic heterocycles. The number of carbonyl (C=O) groups excluding carboxylic acids is 2. The average Bonchev–Trinajstić information content (AvgIpc) is 3.05. The van der Waals surface area contributed by atoms with Crippen molar-refractivity contribution in [3.8, 4) is 5.69 Å². The maximum atomic E-state index is 12.6. The molecule has 0 fully saturated rings. The van der Waals surface area contributed by atoms with E-state index in [2.05, 4.69) is 23.6 Å². The molecule has 2 aromatic carbocycles. The minimum absolute atomic E-state index is 0.189. The van der Waals surface area contributed by atoms with Crippen LogP contribution in [-0.4, -0.2) is 16.1 Å². The van der Waals surface area contributed by atoms with Gasteiger partial charge < -0.3 is 4.57 Å². The highest BCUT2D eigenvalue weighted by Gasteiger charge is 2.32. The maximum Gasteiger partial charge on any atom is 0.197 e. The molecule has 4 rings (SSSR count). The van der Waals surface area contributed by atoms with Gasteiger partial charge in [-0.3, -0.25) is 9.59 Å². The van der Waals surface area contributed by atoms with E-state index in [1.165, 1.54) is 5.56 Å². The molecule has 0 saturated carbocycles. The zero-order valence-electron chi connectivity index (χ0n) is 15.0. The Balaban J connectivity index is 1.83. The van der Waals surface area contributed by atoms with Gasteiger partial charge in [0.2, 0.25) is 0 Å². The van der Waals surface area contributed by atoms with E-state index >= 15 is 0 Å². The van der Waals surface area contributed by atoms with Crippen molar-refractivity contribution in [1.29, 1.82) is 0 Å². The summed E-state index contributed by atoms with van der Waals surface area (Å²) in [5.41, 5.74) is 6.51. The fourth-order valence-electron chi connectivity index (χ4n) is 3.68. The van der Waals surface area contributed by atoms with Gasteiger partial charge in [-0.05, 0) is 50.1 Å². The van der Waals surface area contributed by atoms with Crippen molar-refractivity contribution in [2.24, 2.45) is 0 Å². The minimum Gasteiger partial charge on any atom is -0.318 e. The lowest BCUT2D eigenvalue weighted by Crippen LogP contribution is -2.02. The molecule has 3 nitrogen and oxygen atoms in total. The molecule has 0 saturated heterocycles. The molecular weight excluding hydrogens is 322 g/mol. The molecule has 1 aliphatic rings. The minimum atomic E-state index is -0.189. The lowest BCUT2D eigenvalue weighted by molar-refractivity contribution is 0.0990. The first-order valence-electron chi connectivity index (χ1n) is 8.64. The number of allylic oxidation sites excluding steroid dienone is 1. The summed E-state index contributed by atoms with van der Waals surface area (Å²) in [4.78, 5) is 25.3. The number of rotatable bonds is 2. The molecule has 0 N–H and O–H groups in total. The third kappa shape index (κ3) is 2.36. The molecule has 0 atom stereocenters. The maximum absolute atomic E-state index is 12.6. The summed E-state index contributed by atoms with van der Waals surface area (Å²) in [6, 6.07) is 17.2. The number of ketones is 2. The van der Waals surface area contributed by atoms with Crippen molar-refractivity contribution >= 4 is 17.6 Å². The molecule has 0 bridgehead atoms. The van der Waals surface area contributed by atoms with Crippen molar-refractivity contribution in [3.63, 3.8) is 0 Å². The van der Waals surface area contributed by atoms with Crippen LogP contribution in [0.1, 0.15) is 43.2 Å². The van der Waals surface area contributed by atoms with Crippen molar-refractivity contribution in [2.45, 2.75) is 20.8 Å². The monoisotopic (exact) mass is 341 g/mol. The van der Waals surface area contributed by atoms with Crippen LogP contribution in [0.15, 0.2) is 60.2 Å². The zero-order chi connectivity index (χ0) is 18.4. The molecule has 0 radical (unpaired) electrons. The first-order chi connectivity index (χ1) is 12.5. The fraction of sp³-hybridized carbons (Fsp3) is 0.130. The smallest absolute Gasteiger partial charge is 0.197 e. The number of nitrogens with zero attached hydrogens (tertiary/aromatic N) is 1. The van der Waals surface area contributed by atoms with E-state index < -0.39 is 0 Å². The van der Waals surface area contributed by atoms with Crippen molar-refractivity contribution in [3.05, 3.63) is 93.8 Å². The molecule has 26 heavy (non-hydrogen) atoms. The Morgan fingerprint density at radius 3 is 2.00 bits per heavy atom. The van der Waals surface area contributed by atoms with Crippen LogP contribution in [0.4, 0.5) is 0 Å². The molecular formula is C23H19NO2. The van der Waals surface area contributed by atoms with Crippen molar-refractivity contribution in [1.82, 2.24) is 4.57 Å². The van der Waals surface area contributed by atoms with E-state index in [4.69, 9.17) is 0 Å². The van der Waals surface area contributed by atoms with Crippen LogP contribution in [0.25, 0.3) is 11.8 Å². The third-order valence-electron chi connectivity index (χ3n) is 5.03. The van der Waals surface area contributed by atoms with E-state index in [9.17, 15) is 9.59 Å². The second-order valence-electron chi connectivity index (χ2n) is 6.71. The summed E-state index contributed by atoms with van der Waals surface area (Å²) in [6.07, 6.45) is 1.74. The molecule has 128 valence electrons. The number of aromatic nitrogens is 1. The molecule has 0 unspecified atom stereocenters. The van der Waals surface area contributed by atoms with Gasteiger partial charge in [-0.1, -0.05) is 42.5 Å². The van der Waals surface area contributed by atoms with Gasteiger partial charge in [-0.25, -0.2) is 0 Å². The topological polar surface area (TPSA) is 39.1 Å². The quantitative estimate of drug-likeness (QED) is 0.493. The number of benzene rings is 2. The summed E-state index contributed by atoms with van der Waals surface area (Å²) in [5, 5.41) is 0. The first kappa shape index (κ1) is 16.3. The Morgan fingerprint density at radius 2 is 1.38 bits per heavy atom. The highest BCUT2D eigenvalue weighted by atomic mass is 16.2. The van der Waals surface area contributed by atoms with E-state index in [0.717, 1.165) is 22.6 Å². The van der Waals surface area contributed by atoms with Crippen LogP contribution in [0.2, 0.25) is 0 Å². The zero-order valence-corrected chi connectivity index (χ0v) is 15.0. The second kappa shape index (κ2) is 5.95. The van der Waals surface area contributed by atoms with Crippen LogP contribution < -0.4 is 0 Å². The van der Waals surface area contributed by atoms with Gasteiger partial charge in [-0.2, -0.15) is 0 Å². The fourth-order valence-corrected chi connectivity index (χ4v) is 3.68. The van der Waals surface area contributed by atoms with Crippen LogP contribution in [0.3, 0.4) is 0 Å². The van der Waals surface area contributed by atoms with E-state index in [-0.39, 0.29) is 17.1 Å². The highest BCUT2D eigenvalue weighted by molar-refractivity contribution is 6.41. The largest absolute Gasteiger partial charge is 0.318 e. The summed E-state index contributed by atoms with van der Waals surface area (Å²) in [5.74, 6) is -0.377. The molecule has 1 heterocycles. The van der Waals surface area contributed by atoms with Crippen molar-refractivity contribution in [2.75, 3.05) is 0 Å². The number of hydrogen-bond donors (Lipinski definition) is 0. The summed E-state index contributed by atoms with van der Waals surface area (Å²) >= 11 is 0. The van der Waals surface area contributed by atoms with E-state index in [1.54, 1.807) is 30.3 Å². The Hall–Kier alpha value is -3.20. The van der Waals surface area contributed by atoms with Gasteiger partial charge in [0.05, 0.1) is 5.57 Å². The summed E-state index contributed by atoms with van der Waals surface area (Å²) in [7, 11) is 0. The standard InChI is InChI=1S/C23H19NO2/c1-14-8-4-7-11-21(14)24-15(2)12-17(16(24)3)13-20-22(25)18-9-5-6-10-19(18)23(20)26/h4-13H,1-3H3. The van der Waals surface area contributed by atoms with Crippen LogP contribution in [-0.2, 0) is 0 Å². The Bertz CT molecular complexity index is 1060. The van der Waals surface area contributed by atoms with E-state index in [1.807, 2.05) is 32.0 Å². The average molecular weight is 341 g/mol. The van der Waals surface area contributed by atoms with Crippen molar-refractivity contribution < 1.29 is 9.59 Å². The molecule has 0 spiro atoms. The number of para-hydroxylation sites is 1. The number of hydrogen-bond acceptors (Lipinski definition) is 2. The van der Waals surface area contributed by atoms with Gasteiger partial charge in [0, 0.05) is 28.2 Å². The Morgan fingerprint density at radius 1 is 0.808 bits per heavy atom. The summed E-state index contributed by atoms with van der Waals surface area (Å²) < 4.78 is 2.17. The predicted octanol–water partition coefficient (Wildman–Crippen LogP) is 4.87. The van der Waals surface area contributed by atoms with E-state index in [0.29, 0.717) is 11.1 Å². The van der Waals surface area contributed by atoms with Crippen LogP contribution in [0.5, 0.6) is 0 Å². The van der Waals surface area contributed by atoms with Crippen LogP contribution in [0, 0.1) is 20.8 Å². The predicted molar refractivity (Wildman–Crippen MR) is 103 cm³/mol. The third-order valence-corrected chi connectivity index (χ3v) is 5.03. The first-order valence-corrected chi connectivity index (χ1v) is 8.64. The summed E-state index contributed by atoms with van der Waals surface area (Å²) in [6.45, 7) is 6.13. The number of fused-ring (bicyclic) bond motifs is 1. The normalized spacial score (nSPS) is 13.3. The second-order valence-corrected chi connectivity index (χ2v) is 6.71. The van der Waals surface area contributed by atoms with Gasteiger partial charge in [0.25, 0.3) is 0 Å². The van der Waals surface area contributed by atoms with Gasteiger partial charge in [0.15, 0.2) is 11.6 Å². The molecule has 3 aromatic rings. The Kier molecular flexibility index (Phi) is 3.73. The number of aryl methyl sites for hydroxylation is 2. The lowest BCUT2D eigenvalue weighted by Gasteiger charge is -2.12. The lowest BCUT2D eigenvalue weighted by atomic mass is 10.1. The van der Waals surface area contributed by atoms with Gasteiger partial charge in [0.1, 0.15) is 0 Å². The Labute approximate surface area is 152 Å². The van der Waals surface area contributed by atoms with Gasteiger partial charge in [-0.15, -0.1) is 0 Å². The molecule has 1 aliphatic carbocycles. The SMILES string of the molecule is Cc1ccccc1-n1c(C)cc(C=C2C(=O)c3ccccc3C2=O)c1C. The highest BCUT2D eigenvalue weighted by Crippen LogP contribution is 2.30. The molecule has 0 amide bonds. The molecule has 0 aliphatic heterocycles. The molecule has 3 heteroatoms. The number of carbonyl (C=O) groups is 2.